The third-order valence-electron chi connectivity index (χ3n) is 1.98. The van der Waals surface area contributed by atoms with Crippen LogP contribution < -0.4 is 4.74 Å². The second kappa shape index (κ2) is 6.49. The minimum atomic E-state index is 0.657. The van der Waals surface area contributed by atoms with Crippen molar-refractivity contribution in [1.29, 1.82) is 0 Å². The van der Waals surface area contributed by atoms with E-state index in [1.807, 2.05) is 37.4 Å². The van der Waals surface area contributed by atoms with Crippen LogP contribution in [0.1, 0.15) is 0 Å². The highest BCUT2D eigenvalue weighted by Gasteiger charge is 1.97. The predicted molar refractivity (Wildman–Crippen MR) is 64.6 cm³/mol. The van der Waals surface area contributed by atoms with Gasteiger partial charge in [-0.3, -0.25) is 4.90 Å². The number of rotatable bonds is 6. The summed E-state index contributed by atoms with van der Waals surface area (Å²) in [7, 11) is 2.03. The van der Waals surface area contributed by atoms with Gasteiger partial charge < -0.3 is 4.74 Å². The highest BCUT2D eigenvalue weighted by Crippen LogP contribution is 2.16. The summed E-state index contributed by atoms with van der Waals surface area (Å²) in [6.07, 6.45) is 1.87. The molecule has 0 aromatic heterocycles. The third kappa shape index (κ3) is 4.86. The van der Waals surface area contributed by atoms with Crippen molar-refractivity contribution in [2.24, 2.45) is 0 Å². The van der Waals surface area contributed by atoms with Crippen molar-refractivity contribution in [2.75, 3.05) is 26.7 Å². The quantitative estimate of drug-likeness (QED) is 0.691. The predicted octanol–water partition coefficient (Wildman–Crippen LogP) is 2.84. The number of likely N-dealkylation sites (N-methyl/N-ethyl adjacent to an activating group) is 1. The Labute approximate surface area is 96.1 Å². The molecule has 2 nitrogen and oxygen atoms in total. The van der Waals surface area contributed by atoms with Crippen LogP contribution in [-0.4, -0.2) is 31.6 Å². The summed E-state index contributed by atoms with van der Waals surface area (Å²) in [6.45, 7) is 6.08. The van der Waals surface area contributed by atoms with Gasteiger partial charge in [0.15, 0.2) is 0 Å². The van der Waals surface area contributed by atoms with Crippen LogP contribution in [0.2, 0.25) is 5.02 Å². The van der Waals surface area contributed by atoms with Crippen molar-refractivity contribution >= 4 is 11.6 Å². The first kappa shape index (κ1) is 12.1. The summed E-state index contributed by atoms with van der Waals surface area (Å²) >= 11 is 5.83. The standard InChI is InChI=1S/C12H16ClNO/c1-3-7-14(2)8-9-15-12-6-4-5-11(13)10-12/h3-6,10H,1,7-9H2,2H3. The molecule has 0 heterocycles. The lowest BCUT2D eigenvalue weighted by atomic mass is 10.3. The molecule has 0 aliphatic carbocycles. The first-order chi connectivity index (χ1) is 7.22. The lowest BCUT2D eigenvalue weighted by Gasteiger charge is -2.14. The van der Waals surface area contributed by atoms with Gasteiger partial charge in [0.1, 0.15) is 12.4 Å². The molecule has 0 aliphatic rings. The largest absolute Gasteiger partial charge is 0.492 e. The molecule has 0 saturated heterocycles. The van der Waals surface area contributed by atoms with E-state index in [0.29, 0.717) is 11.6 Å². The average Bonchev–Trinajstić information content (AvgIpc) is 2.18. The number of benzene rings is 1. The molecular weight excluding hydrogens is 210 g/mol. The average molecular weight is 226 g/mol. The highest BCUT2D eigenvalue weighted by atomic mass is 35.5. The Kier molecular flexibility index (Phi) is 5.22. The summed E-state index contributed by atoms with van der Waals surface area (Å²) in [4.78, 5) is 2.14. The van der Waals surface area contributed by atoms with Crippen LogP contribution >= 0.6 is 11.6 Å². The van der Waals surface area contributed by atoms with Gasteiger partial charge in [-0.1, -0.05) is 23.7 Å². The molecule has 82 valence electrons. The molecule has 0 radical (unpaired) electrons. The first-order valence-corrected chi connectivity index (χ1v) is 5.28. The smallest absolute Gasteiger partial charge is 0.120 e. The van der Waals surface area contributed by atoms with Gasteiger partial charge in [0.2, 0.25) is 0 Å². The monoisotopic (exact) mass is 225 g/mol. The Morgan fingerprint density at radius 1 is 1.53 bits per heavy atom. The fourth-order valence-corrected chi connectivity index (χ4v) is 1.37. The van der Waals surface area contributed by atoms with E-state index in [4.69, 9.17) is 16.3 Å². The van der Waals surface area contributed by atoms with Gasteiger partial charge in [-0.15, -0.1) is 6.58 Å². The van der Waals surface area contributed by atoms with E-state index in [0.717, 1.165) is 18.8 Å². The van der Waals surface area contributed by atoms with E-state index in [1.54, 1.807) is 0 Å². The third-order valence-corrected chi connectivity index (χ3v) is 2.21. The molecule has 3 heteroatoms. The fourth-order valence-electron chi connectivity index (χ4n) is 1.19. The molecule has 1 rings (SSSR count). The van der Waals surface area contributed by atoms with Crippen LogP contribution in [0.3, 0.4) is 0 Å². The van der Waals surface area contributed by atoms with Crippen LogP contribution in [0.25, 0.3) is 0 Å². The number of halogens is 1. The molecular formula is C12H16ClNO. The van der Waals surface area contributed by atoms with Crippen molar-refractivity contribution < 1.29 is 4.74 Å². The van der Waals surface area contributed by atoms with Gasteiger partial charge in [0, 0.05) is 18.1 Å². The van der Waals surface area contributed by atoms with E-state index >= 15 is 0 Å². The van der Waals surface area contributed by atoms with Gasteiger partial charge in [-0.2, -0.15) is 0 Å². The van der Waals surface area contributed by atoms with E-state index < -0.39 is 0 Å². The Balaban J connectivity index is 2.28. The zero-order chi connectivity index (χ0) is 11.1. The van der Waals surface area contributed by atoms with Crippen LogP contribution in [-0.2, 0) is 0 Å². The lowest BCUT2D eigenvalue weighted by molar-refractivity contribution is 0.250. The van der Waals surface area contributed by atoms with Crippen LogP contribution in [0, 0.1) is 0 Å². The Hall–Kier alpha value is -0.990. The topological polar surface area (TPSA) is 12.5 Å². The molecule has 0 spiro atoms. The van der Waals surface area contributed by atoms with E-state index in [9.17, 15) is 0 Å². The summed E-state index contributed by atoms with van der Waals surface area (Å²) in [5.74, 6) is 0.814. The summed E-state index contributed by atoms with van der Waals surface area (Å²) in [5.41, 5.74) is 0. The maximum Gasteiger partial charge on any atom is 0.120 e. The molecule has 0 amide bonds. The SMILES string of the molecule is C=CCN(C)CCOc1cccc(Cl)c1. The number of hydrogen-bond donors (Lipinski definition) is 0. The van der Waals surface area contributed by atoms with Crippen molar-refractivity contribution in [3.63, 3.8) is 0 Å². The molecule has 0 aliphatic heterocycles. The van der Waals surface area contributed by atoms with Crippen molar-refractivity contribution in [1.82, 2.24) is 4.90 Å². The number of ether oxygens (including phenoxy) is 1. The Bertz CT molecular complexity index is 314. The second-order valence-corrected chi connectivity index (χ2v) is 3.79. The minimum Gasteiger partial charge on any atom is -0.492 e. The molecule has 1 aromatic carbocycles. The van der Waals surface area contributed by atoms with Crippen LogP contribution in [0.15, 0.2) is 36.9 Å². The highest BCUT2D eigenvalue weighted by molar-refractivity contribution is 6.30. The molecule has 15 heavy (non-hydrogen) atoms. The maximum atomic E-state index is 5.83. The molecule has 0 saturated carbocycles. The lowest BCUT2D eigenvalue weighted by Crippen LogP contribution is -2.24. The van der Waals surface area contributed by atoms with Gasteiger partial charge in [0.05, 0.1) is 0 Å². The summed E-state index contributed by atoms with van der Waals surface area (Å²) in [6, 6.07) is 7.43. The van der Waals surface area contributed by atoms with Crippen molar-refractivity contribution in [2.45, 2.75) is 0 Å². The molecule has 0 N–H and O–H groups in total. The molecule has 0 bridgehead atoms. The zero-order valence-electron chi connectivity index (χ0n) is 8.95. The molecule has 1 aromatic rings. The van der Waals surface area contributed by atoms with E-state index in [2.05, 4.69) is 11.5 Å². The molecule has 0 unspecified atom stereocenters. The van der Waals surface area contributed by atoms with Gasteiger partial charge in [-0.05, 0) is 25.2 Å². The number of hydrogen-bond acceptors (Lipinski definition) is 2. The maximum absolute atomic E-state index is 5.83. The van der Waals surface area contributed by atoms with Gasteiger partial charge >= 0.3 is 0 Å². The van der Waals surface area contributed by atoms with Gasteiger partial charge in [0.25, 0.3) is 0 Å². The Morgan fingerprint density at radius 2 is 2.33 bits per heavy atom. The molecule has 0 fully saturated rings. The van der Waals surface area contributed by atoms with Crippen molar-refractivity contribution in [3.8, 4) is 5.75 Å². The summed E-state index contributed by atoms with van der Waals surface area (Å²) < 4.78 is 5.54. The van der Waals surface area contributed by atoms with Crippen LogP contribution in [0.4, 0.5) is 0 Å². The summed E-state index contributed by atoms with van der Waals surface area (Å²) in [5, 5.41) is 0.701. The normalized spacial score (nSPS) is 10.3. The van der Waals surface area contributed by atoms with Crippen molar-refractivity contribution in [3.05, 3.63) is 41.9 Å². The molecule has 0 atom stereocenters. The Morgan fingerprint density at radius 3 is 3.00 bits per heavy atom. The first-order valence-electron chi connectivity index (χ1n) is 4.90. The van der Waals surface area contributed by atoms with Crippen LogP contribution in [0.5, 0.6) is 5.75 Å². The minimum absolute atomic E-state index is 0.657. The second-order valence-electron chi connectivity index (χ2n) is 3.36. The van der Waals surface area contributed by atoms with Gasteiger partial charge in [-0.25, -0.2) is 0 Å². The fraction of sp³-hybridized carbons (Fsp3) is 0.333. The number of nitrogens with zero attached hydrogens (tertiary/aromatic N) is 1. The van der Waals surface area contributed by atoms with E-state index in [-0.39, 0.29) is 0 Å². The zero-order valence-corrected chi connectivity index (χ0v) is 9.70. The van der Waals surface area contributed by atoms with E-state index in [1.165, 1.54) is 0 Å².